The summed E-state index contributed by atoms with van der Waals surface area (Å²) in [5.74, 6) is 0.630. The van der Waals surface area contributed by atoms with E-state index in [1.54, 1.807) is 14.0 Å². The molecular weight excluding hydrogens is 191 g/mol. The summed E-state index contributed by atoms with van der Waals surface area (Å²) in [7, 11) is 1.66. The van der Waals surface area contributed by atoms with E-state index < -0.39 is 0 Å². The van der Waals surface area contributed by atoms with Crippen molar-refractivity contribution in [2.45, 2.75) is 6.92 Å². The van der Waals surface area contributed by atoms with Gasteiger partial charge in [0, 0.05) is 7.05 Å². The predicted molar refractivity (Wildman–Crippen MR) is 38.6 cm³/mol. The Morgan fingerprint density at radius 1 is 1.67 bits per heavy atom. The van der Waals surface area contributed by atoms with Gasteiger partial charge >= 0.3 is 0 Å². The summed E-state index contributed by atoms with van der Waals surface area (Å²) in [4.78, 5) is 3.58. The van der Waals surface area contributed by atoms with Crippen LogP contribution in [0.25, 0.3) is 0 Å². The van der Waals surface area contributed by atoms with E-state index in [1.807, 2.05) is 0 Å². The van der Waals surface area contributed by atoms with Gasteiger partial charge in [0.2, 0.25) is 0 Å². The van der Waals surface area contributed by atoms with Crippen molar-refractivity contribution >= 4 is 29.8 Å². The topological polar surface area (TPSA) is 38.4 Å². The molecule has 0 atom stereocenters. The summed E-state index contributed by atoms with van der Waals surface area (Å²) < 4.78 is 0. The molecule has 0 aliphatic carbocycles. The molecule has 0 aromatic rings. The largest absolute Gasteiger partial charge is 0.388 e. The fourth-order valence-electron chi connectivity index (χ4n) is 0. The maximum Gasteiger partial charge on any atom is 0.0902 e. The van der Waals surface area contributed by atoms with Crippen LogP contribution in [0.3, 0.4) is 0 Å². The molecule has 2 N–H and O–H groups in total. The fraction of sp³-hybridized carbons (Fsp3) is 0.667. The summed E-state index contributed by atoms with van der Waals surface area (Å²) in [6.07, 6.45) is 0. The van der Waals surface area contributed by atoms with Crippen LogP contribution in [0, 0.1) is 0 Å². The average Bonchev–Trinajstić information content (AvgIpc) is 1.38. The highest BCUT2D eigenvalue weighted by atomic mass is 127. The zero-order valence-electron chi connectivity index (χ0n) is 3.93. The van der Waals surface area contributed by atoms with E-state index >= 15 is 0 Å². The van der Waals surface area contributed by atoms with Gasteiger partial charge in [-0.15, -0.1) is 24.0 Å². The summed E-state index contributed by atoms with van der Waals surface area (Å²) in [5, 5.41) is 0. The first-order valence-corrected chi connectivity index (χ1v) is 1.46. The lowest BCUT2D eigenvalue weighted by Crippen LogP contribution is -2.03. The summed E-state index contributed by atoms with van der Waals surface area (Å²) >= 11 is 0. The number of nitrogens with zero attached hydrogens (tertiary/aromatic N) is 1. The predicted octanol–water partition coefficient (Wildman–Crippen LogP) is 0.611. The number of nitrogens with two attached hydrogens (primary N) is 1. The third-order valence-electron chi connectivity index (χ3n) is 0.353. The standard InChI is InChI=1S/C3H8N2.HI/c1-3(4)5-2;/h1-2H3,(H2,4,5);1H. The molecule has 0 saturated carbocycles. The van der Waals surface area contributed by atoms with E-state index in [4.69, 9.17) is 5.73 Å². The van der Waals surface area contributed by atoms with Gasteiger partial charge in [-0.05, 0) is 6.92 Å². The maximum absolute atomic E-state index is 5.04. The first kappa shape index (κ1) is 9.50. The smallest absolute Gasteiger partial charge is 0.0902 e. The summed E-state index contributed by atoms with van der Waals surface area (Å²) in [5.41, 5.74) is 5.04. The van der Waals surface area contributed by atoms with Gasteiger partial charge in [-0.1, -0.05) is 0 Å². The van der Waals surface area contributed by atoms with Crippen LogP contribution < -0.4 is 5.73 Å². The molecule has 0 heterocycles. The minimum atomic E-state index is 0. The van der Waals surface area contributed by atoms with Crippen molar-refractivity contribution in [3.8, 4) is 0 Å². The molecule has 6 heavy (non-hydrogen) atoms. The van der Waals surface area contributed by atoms with E-state index in [1.165, 1.54) is 0 Å². The van der Waals surface area contributed by atoms with Crippen molar-refractivity contribution in [3.63, 3.8) is 0 Å². The molecule has 0 bridgehead atoms. The second-order valence-corrected chi connectivity index (χ2v) is 0.865. The van der Waals surface area contributed by atoms with Crippen LogP contribution in [-0.2, 0) is 0 Å². The van der Waals surface area contributed by atoms with Gasteiger partial charge in [0.05, 0.1) is 5.84 Å². The first-order valence-electron chi connectivity index (χ1n) is 1.46. The molecule has 0 fully saturated rings. The molecule has 0 amide bonds. The zero-order valence-corrected chi connectivity index (χ0v) is 6.26. The molecule has 0 spiro atoms. The van der Waals surface area contributed by atoms with Crippen LogP contribution >= 0.6 is 24.0 Å². The Hall–Kier alpha value is 0.200. The second kappa shape index (κ2) is 5.20. The van der Waals surface area contributed by atoms with Crippen LogP contribution in [0.5, 0.6) is 0 Å². The van der Waals surface area contributed by atoms with E-state index in [0.717, 1.165) is 0 Å². The Bertz CT molecular complexity index is 46.8. The molecule has 0 aliphatic heterocycles. The van der Waals surface area contributed by atoms with Crippen molar-refractivity contribution in [1.82, 2.24) is 0 Å². The number of halogens is 1. The Morgan fingerprint density at radius 2 is 1.83 bits per heavy atom. The normalized spacial score (nSPS) is 10.0. The van der Waals surface area contributed by atoms with Gasteiger partial charge < -0.3 is 5.73 Å². The number of rotatable bonds is 0. The van der Waals surface area contributed by atoms with Crippen molar-refractivity contribution in [2.24, 2.45) is 10.7 Å². The lowest BCUT2D eigenvalue weighted by atomic mass is 10.7. The number of hydrogen-bond acceptors (Lipinski definition) is 1. The highest BCUT2D eigenvalue weighted by molar-refractivity contribution is 14.0. The number of aliphatic imine (C=N–C) groups is 1. The summed E-state index contributed by atoms with van der Waals surface area (Å²) in [6, 6.07) is 0. The molecule has 38 valence electrons. The number of hydrogen-bond donors (Lipinski definition) is 1. The third-order valence-corrected chi connectivity index (χ3v) is 0.353. The molecular formula is C3H9IN2. The van der Waals surface area contributed by atoms with Crippen molar-refractivity contribution in [1.29, 1.82) is 0 Å². The SMILES string of the molecule is CN=C(C)N.I. The zero-order chi connectivity index (χ0) is 4.28. The Kier molecular flexibility index (Phi) is 8.24. The van der Waals surface area contributed by atoms with E-state index in [-0.39, 0.29) is 24.0 Å². The molecule has 0 aromatic carbocycles. The molecule has 0 rings (SSSR count). The van der Waals surface area contributed by atoms with Crippen molar-refractivity contribution in [2.75, 3.05) is 7.05 Å². The molecule has 0 radical (unpaired) electrons. The third kappa shape index (κ3) is 8.89. The van der Waals surface area contributed by atoms with Gasteiger partial charge in [0.25, 0.3) is 0 Å². The molecule has 0 aliphatic rings. The first-order chi connectivity index (χ1) is 2.27. The van der Waals surface area contributed by atoms with Crippen LogP contribution in [0.1, 0.15) is 6.92 Å². The highest BCUT2D eigenvalue weighted by Gasteiger charge is 1.61. The van der Waals surface area contributed by atoms with Gasteiger partial charge in [-0.3, -0.25) is 4.99 Å². The van der Waals surface area contributed by atoms with Crippen LogP contribution in [0.4, 0.5) is 0 Å². The number of amidine groups is 1. The minimum absolute atomic E-state index is 0. The Balaban J connectivity index is 0. The quantitative estimate of drug-likeness (QED) is 0.347. The second-order valence-electron chi connectivity index (χ2n) is 0.865. The molecule has 0 aromatic heterocycles. The van der Waals surface area contributed by atoms with E-state index in [2.05, 4.69) is 4.99 Å². The minimum Gasteiger partial charge on any atom is -0.388 e. The Labute approximate surface area is 54.8 Å². The van der Waals surface area contributed by atoms with Gasteiger partial charge in [0.15, 0.2) is 0 Å². The monoisotopic (exact) mass is 200 g/mol. The maximum atomic E-state index is 5.04. The van der Waals surface area contributed by atoms with Gasteiger partial charge in [0.1, 0.15) is 0 Å². The highest BCUT2D eigenvalue weighted by Crippen LogP contribution is 1.52. The van der Waals surface area contributed by atoms with Crippen LogP contribution in [0.2, 0.25) is 0 Å². The van der Waals surface area contributed by atoms with Crippen molar-refractivity contribution in [3.05, 3.63) is 0 Å². The van der Waals surface area contributed by atoms with Crippen LogP contribution in [-0.4, -0.2) is 12.9 Å². The molecule has 2 nitrogen and oxygen atoms in total. The van der Waals surface area contributed by atoms with Gasteiger partial charge in [-0.25, -0.2) is 0 Å². The molecule has 0 unspecified atom stereocenters. The average molecular weight is 200 g/mol. The summed E-state index contributed by atoms with van der Waals surface area (Å²) in [6.45, 7) is 1.75. The lowest BCUT2D eigenvalue weighted by Gasteiger charge is -1.76. The van der Waals surface area contributed by atoms with Gasteiger partial charge in [-0.2, -0.15) is 0 Å². The van der Waals surface area contributed by atoms with E-state index in [9.17, 15) is 0 Å². The Morgan fingerprint density at radius 3 is 1.83 bits per heavy atom. The van der Waals surface area contributed by atoms with Crippen molar-refractivity contribution < 1.29 is 0 Å². The van der Waals surface area contributed by atoms with Crippen LogP contribution in [0.15, 0.2) is 4.99 Å². The fourth-order valence-corrected chi connectivity index (χ4v) is 0. The lowest BCUT2D eigenvalue weighted by molar-refractivity contribution is 1.38. The van der Waals surface area contributed by atoms with E-state index in [0.29, 0.717) is 5.84 Å². The molecule has 0 saturated heterocycles. The molecule has 3 heteroatoms.